The van der Waals surface area contributed by atoms with E-state index in [1.165, 1.54) is 27.5 Å². The fourth-order valence-electron chi connectivity index (χ4n) is 2.36. The van der Waals surface area contributed by atoms with Crippen LogP contribution >= 0.6 is 11.5 Å². The molecular formula is C16H23N3S. The summed E-state index contributed by atoms with van der Waals surface area (Å²) in [5, 5.41) is 7.68. The van der Waals surface area contributed by atoms with E-state index in [1.54, 1.807) is 0 Å². The first-order valence-corrected chi connectivity index (χ1v) is 8.12. The maximum atomic E-state index is 4.27. The molecule has 0 fully saturated rings. The van der Waals surface area contributed by atoms with Crippen LogP contribution in [0.4, 0.5) is 0 Å². The van der Waals surface area contributed by atoms with Crippen LogP contribution in [0, 0.1) is 0 Å². The highest BCUT2D eigenvalue weighted by Gasteiger charge is 2.17. The summed E-state index contributed by atoms with van der Waals surface area (Å²) in [5.74, 6) is 0. The van der Waals surface area contributed by atoms with Gasteiger partial charge in [0.05, 0.1) is 10.6 Å². The lowest BCUT2D eigenvalue weighted by Gasteiger charge is -2.15. The highest BCUT2D eigenvalue weighted by atomic mass is 32.1. The van der Waals surface area contributed by atoms with Gasteiger partial charge in [0.1, 0.15) is 0 Å². The molecule has 108 valence electrons. The lowest BCUT2D eigenvalue weighted by Crippen LogP contribution is -2.19. The Morgan fingerprint density at radius 2 is 1.85 bits per heavy atom. The van der Waals surface area contributed by atoms with Crippen molar-refractivity contribution in [1.29, 1.82) is 0 Å². The molecule has 0 saturated carbocycles. The summed E-state index contributed by atoms with van der Waals surface area (Å²) in [6, 6.07) is 9.22. The first-order chi connectivity index (χ1) is 9.78. The topological polar surface area (TPSA) is 37.8 Å². The number of hydrogen-bond donors (Lipinski definition) is 1. The van der Waals surface area contributed by atoms with Crippen molar-refractivity contribution in [1.82, 2.24) is 14.9 Å². The molecule has 1 aromatic carbocycles. The Morgan fingerprint density at radius 1 is 1.15 bits per heavy atom. The Hall–Kier alpha value is -1.26. The molecule has 0 amide bonds. The lowest BCUT2D eigenvalue weighted by molar-refractivity contribution is 0.593. The summed E-state index contributed by atoms with van der Waals surface area (Å²) < 4.78 is 4.13. The smallest absolute Gasteiger partial charge is 0.0803 e. The number of nitrogens with one attached hydrogen (secondary N) is 1. The van der Waals surface area contributed by atoms with Crippen LogP contribution in [0.1, 0.15) is 48.0 Å². The van der Waals surface area contributed by atoms with Crippen molar-refractivity contribution in [3.8, 4) is 0 Å². The van der Waals surface area contributed by atoms with Crippen LogP contribution < -0.4 is 5.32 Å². The van der Waals surface area contributed by atoms with Gasteiger partial charge in [-0.25, -0.2) is 0 Å². The Labute approximate surface area is 125 Å². The molecule has 2 rings (SSSR count). The summed E-state index contributed by atoms with van der Waals surface area (Å²) in [4.78, 5) is 1.29. The number of aryl methyl sites for hydroxylation is 2. The van der Waals surface area contributed by atoms with Gasteiger partial charge < -0.3 is 5.32 Å². The van der Waals surface area contributed by atoms with Gasteiger partial charge in [0.25, 0.3) is 0 Å². The van der Waals surface area contributed by atoms with Gasteiger partial charge in [0, 0.05) is 6.04 Å². The van der Waals surface area contributed by atoms with E-state index in [2.05, 4.69) is 53.0 Å². The van der Waals surface area contributed by atoms with Gasteiger partial charge in [0.2, 0.25) is 0 Å². The van der Waals surface area contributed by atoms with Crippen molar-refractivity contribution in [2.24, 2.45) is 0 Å². The van der Waals surface area contributed by atoms with Crippen molar-refractivity contribution in [2.45, 2.75) is 45.6 Å². The van der Waals surface area contributed by atoms with E-state index in [-0.39, 0.29) is 0 Å². The fraction of sp³-hybridized carbons (Fsp3) is 0.500. The minimum Gasteiger partial charge on any atom is -0.312 e. The van der Waals surface area contributed by atoms with Crippen molar-refractivity contribution in [2.75, 3.05) is 7.05 Å². The van der Waals surface area contributed by atoms with E-state index in [1.807, 2.05) is 7.05 Å². The molecule has 0 radical (unpaired) electrons. The van der Waals surface area contributed by atoms with E-state index in [9.17, 15) is 0 Å². The van der Waals surface area contributed by atoms with Crippen LogP contribution in [0.2, 0.25) is 0 Å². The molecule has 1 atom stereocenters. The van der Waals surface area contributed by atoms with Gasteiger partial charge in [-0.3, -0.25) is 0 Å². The molecule has 0 bridgehead atoms. The molecule has 20 heavy (non-hydrogen) atoms. The van der Waals surface area contributed by atoms with Crippen LogP contribution in [0.3, 0.4) is 0 Å². The highest BCUT2D eigenvalue weighted by Crippen LogP contribution is 2.25. The van der Waals surface area contributed by atoms with E-state index < -0.39 is 0 Å². The second kappa shape index (κ2) is 7.50. The third kappa shape index (κ3) is 3.64. The van der Waals surface area contributed by atoms with E-state index in [0.29, 0.717) is 6.04 Å². The normalized spacial score (nSPS) is 12.6. The summed E-state index contributed by atoms with van der Waals surface area (Å²) in [6.07, 6.45) is 4.20. The van der Waals surface area contributed by atoms with Crippen molar-refractivity contribution in [3.63, 3.8) is 0 Å². The molecule has 0 aliphatic rings. The molecule has 0 saturated heterocycles. The molecule has 1 heterocycles. The highest BCUT2D eigenvalue weighted by molar-refractivity contribution is 7.05. The molecule has 1 unspecified atom stereocenters. The second-order valence-corrected chi connectivity index (χ2v) is 5.84. The molecule has 3 nitrogen and oxygen atoms in total. The van der Waals surface area contributed by atoms with Crippen molar-refractivity contribution < 1.29 is 0 Å². The number of hydrogen-bond acceptors (Lipinski definition) is 4. The molecule has 4 heteroatoms. The summed E-state index contributed by atoms with van der Waals surface area (Å²) in [6.45, 7) is 4.37. The molecule has 1 N–H and O–H groups in total. The zero-order valence-electron chi connectivity index (χ0n) is 12.5. The minimum absolute atomic E-state index is 0.309. The SMILES string of the molecule is CCCc1nnsc1C(Cc1ccc(CC)cc1)NC. The van der Waals surface area contributed by atoms with Gasteiger partial charge in [-0.15, -0.1) is 5.10 Å². The van der Waals surface area contributed by atoms with Crippen LogP contribution in [0.5, 0.6) is 0 Å². The number of likely N-dealkylation sites (N-methyl/N-ethyl adjacent to an activating group) is 1. The number of benzene rings is 1. The average Bonchev–Trinajstić information content (AvgIpc) is 2.94. The third-order valence-corrected chi connectivity index (χ3v) is 4.49. The fourth-order valence-corrected chi connectivity index (χ4v) is 3.17. The largest absolute Gasteiger partial charge is 0.312 e. The first-order valence-electron chi connectivity index (χ1n) is 7.34. The predicted molar refractivity (Wildman–Crippen MR) is 85.2 cm³/mol. The molecule has 1 aromatic heterocycles. The Balaban J connectivity index is 2.13. The monoisotopic (exact) mass is 289 g/mol. The Morgan fingerprint density at radius 3 is 2.45 bits per heavy atom. The standard InChI is InChI=1S/C16H23N3S/c1-4-6-14-16(20-19-18-14)15(17-3)11-13-9-7-12(5-2)8-10-13/h7-10,15,17H,4-6,11H2,1-3H3. The maximum absolute atomic E-state index is 4.27. The Bertz CT molecular complexity index is 519. The van der Waals surface area contributed by atoms with Gasteiger partial charge in [-0.1, -0.05) is 49.0 Å². The summed E-state index contributed by atoms with van der Waals surface area (Å²) in [5.41, 5.74) is 3.90. The van der Waals surface area contributed by atoms with Crippen molar-refractivity contribution >= 4 is 11.5 Å². The third-order valence-electron chi connectivity index (χ3n) is 3.61. The quantitative estimate of drug-likeness (QED) is 0.847. The van der Waals surface area contributed by atoms with Gasteiger partial charge in [-0.2, -0.15) is 0 Å². The van der Waals surface area contributed by atoms with Gasteiger partial charge >= 0.3 is 0 Å². The number of rotatable bonds is 7. The molecule has 0 aliphatic carbocycles. The van der Waals surface area contributed by atoms with E-state index >= 15 is 0 Å². The second-order valence-electron chi connectivity index (χ2n) is 5.05. The van der Waals surface area contributed by atoms with Crippen molar-refractivity contribution in [3.05, 3.63) is 46.0 Å². The number of nitrogens with zero attached hydrogens (tertiary/aromatic N) is 2. The van der Waals surface area contributed by atoms with Gasteiger partial charge in [0.15, 0.2) is 0 Å². The summed E-state index contributed by atoms with van der Waals surface area (Å²) >= 11 is 1.53. The molecule has 0 spiro atoms. The van der Waals surface area contributed by atoms with E-state index in [4.69, 9.17) is 0 Å². The van der Waals surface area contributed by atoms with Crippen LogP contribution in [-0.4, -0.2) is 16.6 Å². The average molecular weight is 289 g/mol. The Kier molecular flexibility index (Phi) is 5.68. The van der Waals surface area contributed by atoms with Crippen LogP contribution in [0.15, 0.2) is 24.3 Å². The molecule has 0 aliphatic heterocycles. The van der Waals surface area contributed by atoms with Crippen LogP contribution in [-0.2, 0) is 19.3 Å². The lowest BCUT2D eigenvalue weighted by atomic mass is 10.0. The van der Waals surface area contributed by atoms with Crippen LogP contribution in [0.25, 0.3) is 0 Å². The van der Waals surface area contributed by atoms with E-state index in [0.717, 1.165) is 31.4 Å². The zero-order valence-corrected chi connectivity index (χ0v) is 13.3. The zero-order chi connectivity index (χ0) is 14.4. The molecular weight excluding hydrogens is 266 g/mol. The number of aromatic nitrogens is 2. The molecule has 2 aromatic rings. The minimum atomic E-state index is 0.309. The first kappa shape index (κ1) is 15.1. The predicted octanol–water partition coefficient (Wildman–Crippen LogP) is 3.56. The summed E-state index contributed by atoms with van der Waals surface area (Å²) in [7, 11) is 2.01. The van der Waals surface area contributed by atoms with Gasteiger partial charge in [-0.05, 0) is 49.0 Å². The maximum Gasteiger partial charge on any atom is 0.0803 e.